The Morgan fingerprint density at radius 1 is 1.18 bits per heavy atom. The number of hydrogen-bond donors (Lipinski definition) is 1. The van der Waals surface area contributed by atoms with E-state index in [0.29, 0.717) is 25.6 Å². The molecule has 0 unspecified atom stereocenters. The summed E-state index contributed by atoms with van der Waals surface area (Å²) >= 11 is 0. The lowest BCUT2D eigenvalue weighted by molar-refractivity contribution is -0.132. The molecule has 1 aromatic rings. The lowest BCUT2D eigenvalue weighted by atomic mass is 9.87. The molecular weight excluding hydrogens is 356 g/mol. The highest BCUT2D eigenvalue weighted by atomic mass is 16.5. The van der Waals surface area contributed by atoms with E-state index in [-0.39, 0.29) is 29.6 Å². The van der Waals surface area contributed by atoms with Gasteiger partial charge in [-0.05, 0) is 43.4 Å². The fourth-order valence-electron chi connectivity index (χ4n) is 3.90. The molecule has 0 bridgehead atoms. The van der Waals surface area contributed by atoms with Crippen molar-refractivity contribution in [2.45, 2.75) is 39.0 Å². The molecule has 1 N–H and O–H groups in total. The second-order valence-electron chi connectivity index (χ2n) is 8.31. The van der Waals surface area contributed by atoms with Crippen LogP contribution >= 0.6 is 0 Å². The molecule has 2 aliphatic rings. The minimum atomic E-state index is -0.282. The maximum Gasteiger partial charge on any atom is 0.225 e. The first kappa shape index (κ1) is 20.5. The summed E-state index contributed by atoms with van der Waals surface area (Å²) in [7, 11) is 3.25. The van der Waals surface area contributed by atoms with Gasteiger partial charge >= 0.3 is 0 Å². The molecule has 1 aliphatic carbocycles. The van der Waals surface area contributed by atoms with Crippen molar-refractivity contribution in [2.75, 3.05) is 33.9 Å². The number of amides is 2. The molecule has 1 saturated heterocycles. The van der Waals surface area contributed by atoms with Gasteiger partial charge in [-0.1, -0.05) is 13.8 Å². The second-order valence-corrected chi connectivity index (χ2v) is 8.31. The van der Waals surface area contributed by atoms with Crippen LogP contribution in [0.2, 0.25) is 0 Å². The highest BCUT2D eigenvalue weighted by molar-refractivity contribution is 5.85. The average Bonchev–Trinajstić information content (AvgIpc) is 3.44. The van der Waals surface area contributed by atoms with Gasteiger partial charge < -0.3 is 19.7 Å². The lowest BCUT2D eigenvalue weighted by Crippen LogP contribution is -2.36. The zero-order valence-electron chi connectivity index (χ0n) is 17.4. The van der Waals surface area contributed by atoms with Gasteiger partial charge in [0, 0.05) is 37.0 Å². The Bertz CT molecular complexity index is 714. The van der Waals surface area contributed by atoms with Crippen LogP contribution in [0.1, 0.15) is 44.6 Å². The van der Waals surface area contributed by atoms with Gasteiger partial charge in [0.05, 0.1) is 20.1 Å². The van der Waals surface area contributed by atoms with Crippen LogP contribution in [0.4, 0.5) is 0 Å². The van der Waals surface area contributed by atoms with Crippen LogP contribution in [0.15, 0.2) is 18.2 Å². The van der Waals surface area contributed by atoms with Gasteiger partial charge in [-0.15, -0.1) is 0 Å². The Labute approximate surface area is 167 Å². The third-order valence-corrected chi connectivity index (χ3v) is 5.75. The first-order valence-electron chi connectivity index (χ1n) is 10.2. The molecule has 1 saturated carbocycles. The van der Waals surface area contributed by atoms with Gasteiger partial charge in [0.25, 0.3) is 0 Å². The number of ether oxygens (including phenoxy) is 2. The number of methoxy groups -OCH3 is 2. The molecule has 1 heterocycles. The van der Waals surface area contributed by atoms with Gasteiger partial charge in [0.1, 0.15) is 11.5 Å². The average molecular weight is 389 g/mol. The maximum atomic E-state index is 13.0. The summed E-state index contributed by atoms with van der Waals surface area (Å²) in [5.74, 6) is 1.95. The first-order chi connectivity index (χ1) is 13.4. The van der Waals surface area contributed by atoms with E-state index in [0.717, 1.165) is 36.3 Å². The van der Waals surface area contributed by atoms with E-state index in [4.69, 9.17) is 9.47 Å². The number of carbonyl (C=O) groups excluding carboxylic acids is 2. The summed E-state index contributed by atoms with van der Waals surface area (Å²) in [6.07, 6.45) is 2.87. The number of carbonyl (C=O) groups is 2. The molecular formula is C22H32N2O4. The third-order valence-electron chi connectivity index (χ3n) is 5.75. The van der Waals surface area contributed by atoms with Crippen LogP contribution < -0.4 is 14.8 Å². The Hall–Kier alpha value is -2.24. The molecule has 3 rings (SSSR count). The van der Waals surface area contributed by atoms with Gasteiger partial charge in [-0.25, -0.2) is 0 Å². The smallest absolute Gasteiger partial charge is 0.225 e. The van der Waals surface area contributed by atoms with E-state index in [2.05, 4.69) is 19.2 Å². The molecule has 28 heavy (non-hydrogen) atoms. The zero-order chi connectivity index (χ0) is 20.3. The Morgan fingerprint density at radius 3 is 2.54 bits per heavy atom. The van der Waals surface area contributed by atoms with Crippen LogP contribution in [0, 0.1) is 17.8 Å². The molecule has 1 aliphatic heterocycles. The molecule has 1 aromatic carbocycles. The standard InChI is InChI=1S/C22H32N2O4/c1-14(2)9-10-23-21(25)19-13-24(22(26)15-5-6-15)12-18(19)17-11-16(27-3)7-8-20(17)28-4/h7-8,11,14-15,18-19H,5-6,9-10,12-13H2,1-4H3,(H,23,25)/t18-,19-/m0/s1. The molecule has 0 aromatic heterocycles. The molecule has 2 fully saturated rings. The van der Waals surface area contributed by atoms with Crippen LogP contribution in [0.25, 0.3) is 0 Å². The summed E-state index contributed by atoms with van der Waals surface area (Å²) in [5, 5.41) is 3.08. The molecule has 2 amide bonds. The van der Waals surface area contributed by atoms with Gasteiger partial charge in [0.15, 0.2) is 0 Å². The van der Waals surface area contributed by atoms with Crippen molar-refractivity contribution >= 4 is 11.8 Å². The van der Waals surface area contributed by atoms with Crippen molar-refractivity contribution in [3.63, 3.8) is 0 Å². The van der Waals surface area contributed by atoms with Gasteiger partial charge in [-0.2, -0.15) is 0 Å². The normalized spacial score (nSPS) is 21.7. The predicted molar refractivity (Wildman–Crippen MR) is 108 cm³/mol. The summed E-state index contributed by atoms with van der Waals surface area (Å²) in [5.41, 5.74) is 0.928. The largest absolute Gasteiger partial charge is 0.497 e. The third kappa shape index (κ3) is 4.59. The molecule has 0 spiro atoms. The highest BCUT2D eigenvalue weighted by Crippen LogP contribution is 2.41. The summed E-state index contributed by atoms with van der Waals surface area (Å²) in [4.78, 5) is 27.5. The van der Waals surface area contributed by atoms with Crippen molar-refractivity contribution in [1.82, 2.24) is 10.2 Å². The highest BCUT2D eigenvalue weighted by Gasteiger charge is 2.44. The van der Waals surface area contributed by atoms with E-state index >= 15 is 0 Å². The second kappa shape index (κ2) is 8.84. The van der Waals surface area contributed by atoms with Crippen molar-refractivity contribution < 1.29 is 19.1 Å². The lowest BCUT2D eigenvalue weighted by Gasteiger charge is -2.21. The monoisotopic (exact) mass is 388 g/mol. The minimum Gasteiger partial charge on any atom is -0.497 e. The van der Waals surface area contributed by atoms with Crippen LogP contribution in [-0.4, -0.2) is 50.6 Å². The molecule has 6 heteroatoms. The van der Waals surface area contributed by atoms with Crippen molar-refractivity contribution in [2.24, 2.45) is 17.8 Å². The fraction of sp³-hybridized carbons (Fsp3) is 0.636. The molecule has 154 valence electrons. The maximum absolute atomic E-state index is 13.0. The summed E-state index contributed by atoms with van der Waals surface area (Å²) in [6, 6.07) is 5.65. The summed E-state index contributed by atoms with van der Waals surface area (Å²) < 4.78 is 10.9. The molecule has 6 nitrogen and oxygen atoms in total. The van der Waals surface area contributed by atoms with Crippen molar-refractivity contribution in [3.05, 3.63) is 23.8 Å². The number of likely N-dealkylation sites (tertiary alicyclic amines) is 1. The summed E-state index contributed by atoms with van der Waals surface area (Å²) in [6.45, 7) is 5.95. The first-order valence-corrected chi connectivity index (χ1v) is 10.2. The molecule has 0 radical (unpaired) electrons. The van der Waals surface area contributed by atoms with Gasteiger partial charge in [0.2, 0.25) is 11.8 Å². The fourth-order valence-corrected chi connectivity index (χ4v) is 3.90. The van der Waals surface area contributed by atoms with Crippen molar-refractivity contribution in [1.29, 1.82) is 0 Å². The number of benzene rings is 1. The van der Waals surface area contributed by atoms with Crippen molar-refractivity contribution in [3.8, 4) is 11.5 Å². The predicted octanol–water partition coefficient (Wildman–Crippen LogP) is 2.82. The number of hydrogen-bond acceptors (Lipinski definition) is 4. The molecule has 2 atom stereocenters. The SMILES string of the molecule is COc1ccc(OC)c([C@@H]2CN(C(=O)C3CC3)C[C@@H]2C(=O)NCCC(C)C)c1. The topological polar surface area (TPSA) is 67.9 Å². The Kier molecular flexibility index (Phi) is 6.47. The van der Waals surface area contributed by atoms with Crippen LogP contribution in [0.5, 0.6) is 11.5 Å². The van der Waals surface area contributed by atoms with E-state index in [9.17, 15) is 9.59 Å². The number of nitrogens with zero attached hydrogens (tertiary/aromatic N) is 1. The van der Waals surface area contributed by atoms with E-state index in [1.54, 1.807) is 14.2 Å². The minimum absolute atomic E-state index is 0.0154. The number of nitrogens with one attached hydrogen (secondary N) is 1. The van der Waals surface area contributed by atoms with Crippen LogP contribution in [-0.2, 0) is 9.59 Å². The van der Waals surface area contributed by atoms with E-state index in [1.807, 2.05) is 23.1 Å². The zero-order valence-corrected chi connectivity index (χ0v) is 17.4. The van der Waals surface area contributed by atoms with E-state index in [1.165, 1.54) is 0 Å². The Balaban J connectivity index is 1.84. The van der Waals surface area contributed by atoms with Gasteiger partial charge in [-0.3, -0.25) is 9.59 Å². The Morgan fingerprint density at radius 2 is 1.93 bits per heavy atom. The number of rotatable bonds is 8. The van der Waals surface area contributed by atoms with Crippen LogP contribution in [0.3, 0.4) is 0 Å². The van der Waals surface area contributed by atoms with E-state index < -0.39 is 0 Å². The quantitative estimate of drug-likeness (QED) is 0.744.